The summed E-state index contributed by atoms with van der Waals surface area (Å²) >= 11 is 0. The highest BCUT2D eigenvalue weighted by Gasteiger charge is 2.19. The molecule has 0 spiro atoms. The van der Waals surface area contributed by atoms with Crippen molar-refractivity contribution < 1.29 is 14.3 Å². The number of rotatable bonds is 9. The van der Waals surface area contributed by atoms with E-state index in [0.29, 0.717) is 32.7 Å². The SMILES string of the molecule is CCOc1ccc(C[C@@H](CNCCN)NC(=O)OC(C)(C)C)cc1. The fourth-order valence-corrected chi connectivity index (χ4v) is 2.20. The Morgan fingerprint density at radius 2 is 1.92 bits per heavy atom. The second-order valence-corrected chi connectivity index (χ2v) is 6.62. The second kappa shape index (κ2) is 10.2. The van der Waals surface area contributed by atoms with Crippen molar-refractivity contribution in [2.24, 2.45) is 5.73 Å². The van der Waals surface area contributed by atoms with Crippen LogP contribution in [-0.4, -0.2) is 44.0 Å². The van der Waals surface area contributed by atoms with Crippen LogP contribution < -0.4 is 21.1 Å². The van der Waals surface area contributed by atoms with Crippen molar-refractivity contribution in [3.05, 3.63) is 29.8 Å². The summed E-state index contributed by atoms with van der Waals surface area (Å²) in [5.41, 5.74) is 6.11. The monoisotopic (exact) mass is 337 g/mol. The van der Waals surface area contributed by atoms with E-state index in [4.69, 9.17) is 15.2 Å². The highest BCUT2D eigenvalue weighted by atomic mass is 16.6. The van der Waals surface area contributed by atoms with Crippen molar-refractivity contribution in [2.45, 2.75) is 45.8 Å². The van der Waals surface area contributed by atoms with Crippen LogP contribution in [0.15, 0.2) is 24.3 Å². The van der Waals surface area contributed by atoms with Crippen LogP contribution in [0.25, 0.3) is 0 Å². The first-order chi connectivity index (χ1) is 11.3. The van der Waals surface area contributed by atoms with Crippen LogP contribution in [0.3, 0.4) is 0 Å². The quantitative estimate of drug-likeness (QED) is 0.601. The summed E-state index contributed by atoms with van der Waals surface area (Å²) in [5, 5.41) is 6.16. The van der Waals surface area contributed by atoms with E-state index in [1.165, 1.54) is 0 Å². The lowest BCUT2D eigenvalue weighted by atomic mass is 10.1. The van der Waals surface area contributed by atoms with Crippen molar-refractivity contribution in [1.29, 1.82) is 0 Å². The number of nitrogens with one attached hydrogen (secondary N) is 2. The average Bonchev–Trinajstić information content (AvgIpc) is 2.47. The topological polar surface area (TPSA) is 85.6 Å². The van der Waals surface area contributed by atoms with Gasteiger partial charge in [0.15, 0.2) is 0 Å². The molecule has 4 N–H and O–H groups in total. The van der Waals surface area contributed by atoms with Gasteiger partial charge in [-0.25, -0.2) is 4.79 Å². The van der Waals surface area contributed by atoms with Gasteiger partial charge in [0, 0.05) is 25.7 Å². The molecule has 24 heavy (non-hydrogen) atoms. The lowest BCUT2D eigenvalue weighted by Crippen LogP contribution is -2.46. The van der Waals surface area contributed by atoms with Crippen LogP contribution in [0.1, 0.15) is 33.3 Å². The molecule has 1 atom stereocenters. The van der Waals surface area contributed by atoms with Crippen LogP contribution in [0.5, 0.6) is 5.75 Å². The van der Waals surface area contributed by atoms with Crippen LogP contribution >= 0.6 is 0 Å². The molecule has 0 aliphatic rings. The number of ether oxygens (including phenoxy) is 2. The predicted octanol–water partition coefficient (Wildman–Crippen LogP) is 2.07. The molecule has 0 aliphatic carbocycles. The Kier molecular flexibility index (Phi) is 8.57. The molecular formula is C18H31N3O3. The Bertz CT molecular complexity index is 483. The first kappa shape index (κ1) is 20.3. The highest BCUT2D eigenvalue weighted by molar-refractivity contribution is 5.68. The highest BCUT2D eigenvalue weighted by Crippen LogP contribution is 2.14. The Balaban J connectivity index is 2.65. The summed E-state index contributed by atoms with van der Waals surface area (Å²) < 4.78 is 10.8. The summed E-state index contributed by atoms with van der Waals surface area (Å²) in [7, 11) is 0. The smallest absolute Gasteiger partial charge is 0.407 e. The van der Waals surface area contributed by atoms with Gasteiger partial charge < -0.3 is 25.8 Å². The van der Waals surface area contributed by atoms with E-state index < -0.39 is 11.7 Å². The van der Waals surface area contributed by atoms with Crippen LogP contribution in [0.2, 0.25) is 0 Å². The van der Waals surface area contributed by atoms with Crippen molar-refractivity contribution in [1.82, 2.24) is 10.6 Å². The zero-order chi connectivity index (χ0) is 18.0. The molecule has 6 nitrogen and oxygen atoms in total. The first-order valence-electron chi connectivity index (χ1n) is 8.46. The van der Waals surface area contributed by atoms with Gasteiger partial charge >= 0.3 is 6.09 Å². The normalized spacial score (nSPS) is 12.5. The maximum atomic E-state index is 12.0. The summed E-state index contributed by atoms with van der Waals surface area (Å²) in [6, 6.07) is 7.83. The molecule has 1 aromatic rings. The molecule has 0 aromatic heterocycles. The van der Waals surface area contributed by atoms with Gasteiger partial charge in [-0.05, 0) is 51.8 Å². The fraction of sp³-hybridized carbons (Fsp3) is 0.611. The summed E-state index contributed by atoms with van der Waals surface area (Å²) in [6.07, 6.45) is 0.288. The van der Waals surface area contributed by atoms with Gasteiger partial charge in [-0.3, -0.25) is 0 Å². The van der Waals surface area contributed by atoms with Crippen LogP contribution in [0, 0.1) is 0 Å². The van der Waals surface area contributed by atoms with Crippen molar-refractivity contribution >= 4 is 6.09 Å². The third-order valence-corrected chi connectivity index (χ3v) is 3.15. The second-order valence-electron chi connectivity index (χ2n) is 6.62. The molecule has 0 fully saturated rings. The number of amides is 1. The largest absolute Gasteiger partial charge is 0.494 e. The van der Waals surface area contributed by atoms with Gasteiger partial charge in [0.2, 0.25) is 0 Å². The minimum absolute atomic E-state index is 0.0793. The van der Waals surface area contributed by atoms with E-state index in [2.05, 4.69) is 10.6 Å². The number of hydrogen-bond acceptors (Lipinski definition) is 5. The molecule has 0 radical (unpaired) electrons. The van der Waals surface area contributed by atoms with Crippen LogP contribution in [-0.2, 0) is 11.2 Å². The van der Waals surface area contributed by atoms with Gasteiger partial charge in [-0.2, -0.15) is 0 Å². The Labute approximate surface area is 145 Å². The van der Waals surface area contributed by atoms with E-state index in [1.807, 2.05) is 52.0 Å². The number of nitrogens with two attached hydrogens (primary N) is 1. The zero-order valence-electron chi connectivity index (χ0n) is 15.2. The van der Waals surface area contributed by atoms with Gasteiger partial charge in [0.25, 0.3) is 0 Å². The minimum Gasteiger partial charge on any atom is -0.494 e. The molecule has 136 valence electrons. The molecule has 0 unspecified atom stereocenters. The summed E-state index contributed by atoms with van der Waals surface area (Å²) in [4.78, 5) is 12.0. The van der Waals surface area contributed by atoms with Gasteiger partial charge in [-0.1, -0.05) is 12.1 Å². The molecule has 0 aliphatic heterocycles. The lowest BCUT2D eigenvalue weighted by molar-refractivity contribution is 0.0504. The van der Waals surface area contributed by atoms with E-state index in [1.54, 1.807) is 0 Å². The Hall–Kier alpha value is -1.79. The number of carbonyl (C=O) groups excluding carboxylic acids is 1. The number of carbonyl (C=O) groups is 1. The molecule has 6 heteroatoms. The van der Waals surface area contributed by atoms with Crippen molar-refractivity contribution in [3.63, 3.8) is 0 Å². The third-order valence-electron chi connectivity index (χ3n) is 3.15. The zero-order valence-corrected chi connectivity index (χ0v) is 15.2. The minimum atomic E-state index is -0.515. The summed E-state index contributed by atoms with van der Waals surface area (Å²) in [6.45, 7) is 10.0. The van der Waals surface area contributed by atoms with Crippen LogP contribution in [0.4, 0.5) is 4.79 Å². The fourth-order valence-electron chi connectivity index (χ4n) is 2.20. The maximum Gasteiger partial charge on any atom is 0.407 e. The third kappa shape index (κ3) is 8.74. The molecule has 1 aromatic carbocycles. The number of alkyl carbamates (subject to hydrolysis) is 1. The van der Waals surface area contributed by atoms with E-state index in [9.17, 15) is 4.79 Å². The lowest BCUT2D eigenvalue weighted by Gasteiger charge is -2.24. The standard InChI is InChI=1S/C18H31N3O3/c1-5-23-16-8-6-14(7-9-16)12-15(13-20-11-10-19)21-17(22)24-18(2,3)4/h6-9,15,20H,5,10-13,19H2,1-4H3,(H,21,22)/t15-/m0/s1. The van der Waals surface area contributed by atoms with E-state index in [0.717, 1.165) is 11.3 Å². The van der Waals surface area contributed by atoms with E-state index >= 15 is 0 Å². The molecule has 1 amide bonds. The molecule has 1 rings (SSSR count). The number of hydrogen-bond donors (Lipinski definition) is 3. The predicted molar refractivity (Wildman–Crippen MR) is 96.4 cm³/mol. The van der Waals surface area contributed by atoms with Gasteiger partial charge in [0.1, 0.15) is 11.4 Å². The molecule has 0 bridgehead atoms. The van der Waals surface area contributed by atoms with Gasteiger partial charge in [0.05, 0.1) is 6.61 Å². The molecule has 0 saturated carbocycles. The van der Waals surface area contributed by atoms with E-state index in [-0.39, 0.29) is 6.04 Å². The average molecular weight is 337 g/mol. The summed E-state index contributed by atoms with van der Waals surface area (Å²) in [5.74, 6) is 0.846. The van der Waals surface area contributed by atoms with Gasteiger partial charge in [-0.15, -0.1) is 0 Å². The molecule has 0 saturated heterocycles. The first-order valence-corrected chi connectivity index (χ1v) is 8.46. The van der Waals surface area contributed by atoms with Crippen molar-refractivity contribution in [3.8, 4) is 5.75 Å². The molecule has 0 heterocycles. The molecular weight excluding hydrogens is 306 g/mol. The van der Waals surface area contributed by atoms with Crippen molar-refractivity contribution in [2.75, 3.05) is 26.2 Å². The Morgan fingerprint density at radius 3 is 2.46 bits per heavy atom. The Morgan fingerprint density at radius 1 is 1.25 bits per heavy atom. The maximum absolute atomic E-state index is 12.0. The number of benzene rings is 1.